The van der Waals surface area contributed by atoms with Crippen molar-refractivity contribution in [2.75, 3.05) is 39.0 Å². The summed E-state index contributed by atoms with van der Waals surface area (Å²) in [5.41, 5.74) is 6.31. The van der Waals surface area contributed by atoms with E-state index < -0.39 is 0 Å². The van der Waals surface area contributed by atoms with Crippen molar-refractivity contribution in [2.24, 2.45) is 0 Å². The molecule has 1 amide bonds. The number of phenolic OH excluding ortho intramolecular Hbond substituents is 1. The summed E-state index contributed by atoms with van der Waals surface area (Å²) in [5, 5.41) is 9.54. The van der Waals surface area contributed by atoms with Crippen LogP contribution in [0.3, 0.4) is 0 Å². The lowest BCUT2D eigenvalue weighted by atomic mass is 10.1. The molecule has 5 nitrogen and oxygen atoms in total. The van der Waals surface area contributed by atoms with Crippen LogP contribution in [-0.4, -0.2) is 54.0 Å². The van der Waals surface area contributed by atoms with Crippen molar-refractivity contribution in [1.29, 1.82) is 0 Å². The number of carbonyl (C=O) groups is 1. The molecule has 1 aliphatic heterocycles. The maximum absolute atomic E-state index is 12.3. The van der Waals surface area contributed by atoms with E-state index in [1.54, 1.807) is 12.1 Å². The summed E-state index contributed by atoms with van der Waals surface area (Å²) >= 11 is 0. The molecule has 18 heavy (non-hydrogen) atoms. The lowest BCUT2D eigenvalue weighted by molar-refractivity contribution is 0.0762. The molecule has 1 aliphatic rings. The standard InChI is InChI=1S/C13H19N3O2/c1-15-5-2-6-16(8-7-15)13(18)10-3-4-11(14)12(17)9-10/h3-4,9,17H,2,5-8,14H2,1H3. The molecule has 1 aromatic rings. The quantitative estimate of drug-likeness (QED) is 0.569. The number of amides is 1. The average molecular weight is 249 g/mol. The first-order valence-corrected chi connectivity index (χ1v) is 6.14. The Bertz CT molecular complexity index is 448. The Morgan fingerprint density at radius 2 is 2.06 bits per heavy atom. The summed E-state index contributed by atoms with van der Waals surface area (Å²) in [6.45, 7) is 3.37. The Kier molecular flexibility index (Phi) is 3.72. The molecule has 5 heteroatoms. The molecule has 0 radical (unpaired) electrons. The van der Waals surface area contributed by atoms with Crippen LogP contribution in [0.15, 0.2) is 18.2 Å². The van der Waals surface area contributed by atoms with Gasteiger partial charge >= 0.3 is 0 Å². The summed E-state index contributed by atoms with van der Waals surface area (Å²) in [6.07, 6.45) is 0.975. The van der Waals surface area contributed by atoms with E-state index in [9.17, 15) is 9.90 Å². The monoisotopic (exact) mass is 249 g/mol. The van der Waals surface area contributed by atoms with Crippen LogP contribution in [0.4, 0.5) is 5.69 Å². The molecule has 0 atom stereocenters. The van der Waals surface area contributed by atoms with E-state index in [1.807, 2.05) is 4.90 Å². The van der Waals surface area contributed by atoms with Crippen LogP contribution >= 0.6 is 0 Å². The van der Waals surface area contributed by atoms with Crippen LogP contribution in [0.5, 0.6) is 5.75 Å². The topological polar surface area (TPSA) is 69.8 Å². The maximum Gasteiger partial charge on any atom is 0.254 e. The predicted octanol–water partition coefficient (Wildman–Crippen LogP) is 0.752. The summed E-state index contributed by atoms with van der Waals surface area (Å²) in [4.78, 5) is 16.3. The van der Waals surface area contributed by atoms with Gasteiger partial charge in [-0.05, 0) is 38.2 Å². The largest absolute Gasteiger partial charge is 0.506 e. The number of hydrogen-bond donors (Lipinski definition) is 2. The zero-order valence-electron chi connectivity index (χ0n) is 10.6. The zero-order valence-corrected chi connectivity index (χ0v) is 10.6. The highest BCUT2D eigenvalue weighted by atomic mass is 16.3. The van der Waals surface area contributed by atoms with E-state index >= 15 is 0 Å². The Hall–Kier alpha value is -1.75. The van der Waals surface area contributed by atoms with Gasteiger partial charge in [0.15, 0.2) is 0 Å². The van der Waals surface area contributed by atoms with E-state index in [-0.39, 0.29) is 11.7 Å². The Morgan fingerprint density at radius 3 is 2.78 bits per heavy atom. The number of rotatable bonds is 1. The summed E-state index contributed by atoms with van der Waals surface area (Å²) in [6, 6.07) is 4.66. The van der Waals surface area contributed by atoms with Crippen LogP contribution < -0.4 is 5.73 Å². The second kappa shape index (κ2) is 5.27. The molecule has 2 rings (SSSR count). The van der Waals surface area contributed by atoms with Gasteiger partial charge in [-0.25, -0.2) is 0 Å². The number of nitrogens with zero attached hydrogens (tertiary/aromatic N) is 2. The molecule has 1 fully saturated rings. The number of likely N-dealkylation sites (N-methyl/N-ethyl adjacent to an activating group) is 1. The molecule has 0 saturated carbocycles. The summed E-state index contributed by atoms with van der Waals surface area (Å²) in [5.74, 6) is -0.0756. The van der Waals surface area contributed by atoms with Gasteiger partial charge in [0.1, 0.15) is 5.75 Å². The first-order valence-electron chi connectivity index (χ1n) is 6.14. The minimum Gasteiger partial charge on any atom is -0.506 e. The van der Waals surface area contributed by atoms with Gasteiger partial charge in [0.25, 0.3) is 5.91 Å². The zero-order chi connectivity index (χ0) is 13.1. The van der Waals surface area contributed by atoms with Crippen LogP contribution in [-0.2, 0) is 0 Å². The van der Waals surface area contributed by atoms with Gasteiger partial charge in [-0.1, -0.05) is 0 Å². The molecule has 0 aromatic heterocycles. The molecule has 1 heterocycles. The molecule has 1 aromatic carbocycles. The Morgan fingerprint density at radius 1 is 1.28 bits per heavy atom. The molecule has 0 aliphatic carbocycles. The van der Waals surface area contributed by atoms with E-state index in [2.05, 4.69) is 11.9 Å². The third-order valence-corrected chi connectivity index (χ3v) is 3.28. The normalized spacial score (nSPS) is 17.5. The second-order valence-corrected chi connectivity index (χ2v) is 4.72. The van der Waals surface area contributed by atoms with E-state index in [1.165, 1.54) is 6.07 Å². The van der Waals surface area contributed by atoms with Gasteiger partial charge in [-0.15, -0.1) is 0 Å². The van der Waals surface area contributed by atoms with Gasteiger partial charge in [-0.3, -0.25) is 4.79 Å². The number of anilines is 1. The third-order valence-electron chi connectivity index (χ3n) is 3.28. The number of nitrogen functional groups attached to an aromatic ring is 1. The highest BCUT2D eigenvalue weighted by molar-refractivity contribution is 5.95. The van der Waals surface area contributed by atoms with Crippen LogP contribution in [0.1, 0.15) is 16.8 Å². The lowest BCUT2D eigenvalue weighted by Crippen LogP contribution is -2.34. The van der Waals surface area contributed by atoms with Crippen molar-refractivity contribution in [2.45, 2.75) is 6.42 Å². The fourth-order valence-corrected chi connectivity index (χ4v) is 2.11. The van der Waals surface area contributed by atoms with Crippen LogP contribution in [0.2, 0.25) is 0 Å². The molecule has 98 valence electrons. The van der Waals surface area contributed by atoms with E-state index in [0.29, 0.717) is 11.3 Å². The number of carbonyl (C=O) groups excluding carboxylic acids is 1. The first kappa shape index (κ1) is 12.7. The number of benzene rings is 1. The molecular formula is C13H19N3O2. The van der Waals surface area contributed by atoms with E-state index in [4.69, 9.17) is 5.73 Å². The third kappa shape index (κ3) is 2.73. The van der Waals surface area contributed by atoms with Crippen molar-refractivity contribution >= 4 is 11.6 Å². The van der Waals surface area contributed by atoms with Gasteiger partial charge in [0, 0.05) is 25.2 Å². The van der Waals surface area contributed by atoms with Gasteiger partial charge < -0.3 is 20.6 Å². The van der Waals surface area contributed by atoms with Crippen molar-refractivity contribution in [3.63, 3.8) is 0 Å². The molecule has 0 unspecified atom stereocenters. The first-order chi connectivity index (χ1) is 8.58. The SMILES string of the molecule is CN1CCCN(C(=O)c2ccc(N)c(O)c2)CC1. The molecule has 0 bridgehead atoms. The second-order valence-electron chi connectivity index (χ2n) is 4.72. The van der Waals surface area contributed by atoms with Gasteiger partial charge in [0.2, 0.25) is 0 Å². The summed E-state index contributed by atoms with van der Waals surface area (Å²) < 4.78 is 0. The fraction of sp³-hybridized carbons (Fsp3) is 0.462. The Balaban J connectivity index is 2.12. The predicted molar refractivity (Wildman–Crippen MR) is 70.5 cm³/mol. The molecule has 0 spiro atoms. The molecular weight excluding hydrogens is 230 g/mol. The lowest BCUT2D eigenvalue weighted by Gasteiger charge is -2.20. The smallest absolute Gasteiger partial charge is 0.254 e. The molecule has 3 N–H and O–H groups in total. The Labute approximate surface area is 107 Å². The molecule has 1 saturated heterocycles. The van der Waals surface area contributed by atoms with Crippen molar-refractivity contribution in [3.05, 3.63) is 23.8 Å². The average Bonchev–Trinajstić information content (AvgIpc) is 2.57. The van der Waals surface area contributed by atoms with Gasteiger partial charge in [-0.2, -0.15) is 0 Å². The van der Waals surface area contributed by atoms with Crippen molar-refractivity contribution in [3.8, 4) is 5.75 Å². The summed E-state index contributed by atoms with van der Waals surface area (Å²) in [7, 11) is 2.06. The highest BCUT2D eigenvalue weighted by Crippen LogP contribution is 2.21. The number of nitrogens with two attached hydrogens (primary N) is 1. The van der Waals surface area contributed by atoms with Crippen LogP contribution in [0.25, 0.3) is 0 Å². The number of phenols is 1. The van der Waals surface area contributed by atoms with Gasteiger partial charge in [0.05, 0.1) is 5.69 Å². The van der Waals surface area contributed by atoms with Crippen LogP contribution in [0, 0.1) is 0 Å². The fourth-order valence-electron chi connectivity index (χ4n) is 2.11. The highest BCUT2D eigenvalue weighted by Gasteiger charge is 2.19. The van der Waals surface area contributed by atoms with Crippen molar-refractivity contribution in [1.82, 2.24) is 9.80 Å². The maximum atomic E-state index is 12.3. The minimum absolute atomic E-state index is 0.0345. The minimum atomic E-state index is -0.0411. The number of aromatic hydroxyl groups is 1. The van der Waals surface area contributed by atoms with Crippen molar-refractivity contribution < 1.29 is 9.90 Å². The number of hydrogen-bond acceptors (Lipinski definition) is 4. The van der Waals surface area contributed by atoms with E-state index in [0.717, 1.165) is 32.6 Å².